The maximum atomic E-state index is 8.97. The molecule has 0 aliphatic rings. The molecule has 10 heavy (non-hydrogen) atoms. The zero-order valence-electron chi connectivity index (χ0n) is 7.23. The van der Waals surface area contributed by atoms with Gasteiger partial charge in [0, 0.05) is 6.42 Å². The number of aliphatic hydroxyl groups excluding tert-OH is 1. The van der Waals surface area contributed by atoms with E-state index in [-0.39, 0.29) is 6.10 Å². The van der Waals surface area contributed by atoms with Gasteiger partial charge in [-0.2, -0.15) is 0 Å². The van der Waals surface area contributed by atoms with Crippen LogP contribution in [0, 0.1) is 0 Å². The molecule has 0 rings (SSSR count). The lowest BCUT2D eigenvalue weighted by Gasteiger charge is -2.00. The van der Waals surface area contributed by atoms with Crippen molar-refractivity contribution in [1.29, 1.82) is 0 Å². The molecule has 1 heteroatoms. The minimum Gasteiger partial charge on any atom is -0.393 e. The van der Waals surface area contributed by atoms with Gasteiger partial charge < -0.3 is 5.11 Å². The molecule has 0 saturated heterocycles. The number of rotatable bonds is 2. The fourth-order valence-electron chi connectivity index (χ4n) is 0.921. The Kier molecular flexibility index (Phi) is 4.10. The topological polar surface area (TPSA) is 20.2 Å². The fourth-order valence-corrected chi connectivity index (χ4v) is 0.921. The van der Waals surface area contributed by atoms with E-state index in [4.69, 9.17) is 5.11 Å². The van der Waals surface area contributed by atoms with Crippen LogP contribution in [0.5, 0.6) is 0 Å². The van der Waals surface area contributed by atoms with Crippen LogP contribution in [0.3, 0.4) is 0 Å². The highest BCUT2D eigenvalue weighted by molar-refractivity contribution is 5.03. The monoisotopic (exact) mass is 140 g/mol. The van der Waals surface area contributed by atoms with Crippen molar-refractivity contribution >= 4 is 0 Å². The summed E-state index contributed by atoms with van der Waals surface area (Å²) in [5.74, 6) is 0. The highest BCUT2D eigenvalue weighted by Gasteiger charge is 1.94. The lowest BCUT2D eigenvalue weighted by atomic mass is 10.1. The minimum absolute atomic E-state index is 0.244. The molecule has 1 atom stereocenters. The van der Waals surface area contributed by atoms with Crippen molar-refractivity contribution in [3.8, 4) is 0 Å². The van der Waals surface area contributed by atoms with E-state index >= 15 is 0 Å². The lowest BCUT2D eigenvalue weighted by molar-refractivity contribution is 0.195. The van der Waals surface area contributed by atoms with Gasteiger partial charge in [-0.05, 0) is 38.8 Å². The van der Waals surface area contributed by atoms with Crippen LogP contribution >= 0.6 is 0 Å². The molecule has 1 N–H and O–H groups in total. The first-order valence-corrected chi connectivity index (χ1v) is 3.60. The molecule has 0 saturated carbocycles. The van der Waals surface area contributed by atoms with E-state index in [1.165, 1.54) is 0 Å². The van der Waals surface area contributed by atoms with Crippen molar-refractivity contribution in [2.45, 2.75) is 40.2 Å². The molecule has 0 radical (unpaired) electrons. The van der Waals surface area contributed by atoms with Gasteiger partial charge in [-0.3, -0.25) is 0 Å². The maximum absolute atomic E-state index is 8.97. The first-order chi connectivity index (χ1) is 4.52. The van der Waals surface area contributed by atoms with E-state index in [0.717, 1.165) is 17.6 Å². The van der Waals surface area contributed by atoms with Gasteiger partial charge in [0.1, 0.15) is 0 Å². The molecule has 0 spiro atoms. The molecule has 0 fully saturated rings. The summed E-state index contributed by atoms with van der Waals surface area (Å²) in [6, 6.07) is 0. The Morgan fingerprint density at radius 3 is 2.20 bits per heavy atom. The van der Waals surface area contributed by atoms with Crippen molar-refractivity contribution in [1.82, 2.24) is 0 Å². The van der Waals surface area contributed by atoms with Gasteiger partial charge in [0.2, 0.25) is 0 Å². The molecule has 1 unspecified atom stereocenters. The second kappa shape index (κ2) is 4.32. The molecule has 0 aromatic heterocycles. The summed E-state index contributed by atoms with van der Waals surface area (Å²) in [6.07, 6.45) is 0.484. The van der Waals surface area contributed by atoms with E-state index in [1.54, 1.807) is 6.92 Å². The SMILES string of the molecule is CC(C)=C=C(C)CC(C)O. The lowest BCUT2D eigenvalue weighted by Crippen LogP contribution is -1.98. The summed E-state index contributed by atoms with van der Waals surface area (Å²) in [6.45, 7) is 7.78. The highest BCUT2D eigenvalue weighted by Crippen LogP contribution is 2.02. The van der Waals surface area contributed by atoms with E-state index < -0.39 is 0 Å². The van der Waals surface area contributed by atoms with Gasteiger partial charge in [0.25, 0.3) is 0 Å². The smallest absolute Gasteiger partial charge is 0.0555 e. The summed E-state index contributed by atoms with van der Waals surface area (Å²) < 4.78 is 0. The Hall–Kier alpha value is -0.520. The highest BCUT2D eigenvalue weighted by atomic mass is 16.3. The molecule has 0 amide bonds. The van der Waals surface area contributed by atoms with Crippen molar-refractivity contribution in [3.63, 3.8) is 0 Å². The first-order valence-electron chi connectivity index (χ1n) is 3.60. The van der Waals surface area contributed by atoms with Gasteiger partial charge >= 0.3 is 0 Å². The summed E-state index contributed by atoms with van der Waals surface area (Å²) in [5, 5.41) is 8.97. The van der Waals surface area contributed by atoms with Crippen LogP contribution < -0.4 is 0 Å². The molecular weight excluding hydrogens is 124 g/mol. The molecule has 0 heterocycles. The quantitative estimate of drug-likeness (QED) is 0.583. The second-order valence-corrected chi connectivity index (χ2v) is 2.96. The maximum Gasteiger partial charge on any atom is 0.0555 e. The van der Waals surface area contributed by atoms with Crippen molar-refractivity contribution in [2.75, 3.05) is 0 Å². The molecule has 0 aliphatic carbocycles. The largest absolute Gasteiger partial charge is 0.393 e. The third-order valence-corrected chi connectivity index (χ3v) is 1.06. The molecule has 0 aromatic rings. The van der Waals surface area contributed by atoms with Gasteiger partial charge in [-0.25, -0.2) is 0 Å². The van der Waals surface area contributed by atoms with Crippen molar-refractivity contribution < 1.29 is 5.11 Å². The summed E-state index contributed by atoms with van der Waals surface area (Å²) in [7, 11) is 0. The molecular formula is C9H16O. The Morgan fingerprint density at radius 2 is 1.90 bits per heavy atom. The second-order valence-electron chi connectivity index (χ2n) is 2.96. The number of aliphatic hydroxyl groups is 1. The summed E-state index contributed by atoms with van der Waals surface area (Å²) in [5.41, 5.74) is 5.43. The van der Waals surface area contributed by atoms with Crippen LogP contribution in [0.15, 0.2) is 16.9 Å². The van der Waals surface area contributed by atoms with E-state index in [2.05, 4.69) is 5.73 Å². The van der Waals surface area contributed by atoms with Crippen LogP contribution in [-0.2, 0) is 0 Å². The number of hydrogen-bond donors (Lipinski definition) is 1. The fraction of sp³-hybridized carbons (Fsp3) is 0.667. The summed E-state index contributed by atoms with van der Waals surface area (Å²) in [4.78, 5) is 0. The normalized spacial score (nSPS) is 12.1. The van der Waals surface area contributed by atoms with Crippen molar-refractivity contribution in [2.24, 2.45) is 0 Å². The number of hydrogen-bond acceptors (Lipinski definition) is 1. The molecule has 58 valence electrons. The van der Waals surface area contributed by atoms with Crippen LogP contribution in [0.1, 0.15) is 34.1 Å². The predicted octanol–water partition coefficient (Wildman–Crippen LogP) is 2.27. The molecule has 0 aromatic carbocycles. The summed E-state index contributed by atoms with van der Waals surface area (Å²) >= 11 is 0. The van der Waals surface area contributed by atoms with Crippen LogP contribution in [-0.4, -0.2) is 11.2 Å². The van der Waals surface area contributed by atoms with Gasteiger partial charge in [-0.1, -0.05) is 0 Å². The molecule has 0 aliphatic heterocycles. The van der Waals surface area contributed by atoms with Crippen LogP contribution in [0.2, 0.25) is 0 Å². The van der Waals surface area contributed by atoms with Crippen LogP contribution in [0.25, 0.3) is 0 Å². The van der Waals surface area contributed by atoms with Crippen molar-refractivity contribution in [3.05, 3.63) is 16.9 Å². The Labute approximate surface area is 63.1 Å². The zero-order valence-corrected chi connectivity index (χ0v) is 7.23. The minimum atomic E-state index is -0.244. The average Bonchev–Trinajstić information content (AvgIpc) is 1.58. The molecule has 1 nitrogen and oxygen atoms in total. The third-order valence-electron chi connectivity index (χ3n) is 1.06. The average molecular weight is 140 g/mol. The van der Waals surface area contributed by atoms with E-state index in [9.17, 15) is 0 Å². The van der Waals surface area contributed by atoms with Gasteiger partial charge in [0.05, 0.1) is 6.10 Å². The van der Waals surface area contributed by atoms with E-state index in [1.807, 2.05) is 20.8 Å². The first kappa shape index (κ1) is 9.48. The van der Waals surface area contributed by atoms with Gasteiger partial charge in [-0.15, -0.1) is 5.73 Å². The Bertz CT molecular complexity index is 156. The Morgan fingerprint density at radius 1 is 1.40 bits per heavy atom. The van der Waals surface area contributed by atoms with Crippen LogP contribution in [0.4, 0.5) is 0 Å². The van der Waals surface area contributed by atoms with Gasteiger partial charge in [0.15, 0.2) is 0 Å². The third kappa shape index (κ3) is 5.61. The predicted molar refractivity (Wildman–Crippen MR) is 43.9 cm³/mol. The molecule has 0 bridgehead atoms. The van der Waals surface area contributed by atoms with E-state index in [0.29, 0.717) is 0 Å². The standard InChI is InChI=1S/C9H16O/c1-7(2)5-8(3)6-9(4)10/h9-10H,6H2,1-4H3. The zero-order chi connectivity index (χ0) is 8.15. The Balaban J connectivity index is 4.09.